The van der Waals surface area contributed by atoms with Gasteiger partial charge < -0.3 is 9.88 Å². The predicted octanol–water partition coefficient (Wildman–Crippen LogP) is 3.97. The summed E-state index contributed by atoms with van der Waals surface area (Å²) in [5, 5.41) is 0. The summed E-state index contributed by atoms with van der Waals surface area (Å²) in [6, 6.07) is 8.64. The first-order chi connectivity index (χ1) is 11.7. The second kappa shape index (κ2) is 7.79. The predicted molar refractivity (Wildman–Crippen MR) is 102 cm³/mol. The molecule has 1 fully saturated rings. The molecule has 1 saturated heterocycles. The van der Waals surface area contributed by atoms with E-state index in [-0.39, 0.29) is 5.56 Å². The highest BCUT2D eigenvalue weighted by molar-refractivity contribution is 7.71. The Labute approximate surface area is 147 Å². The fraction of sp³-hybridized carbons (Fsp3) is 0.474. The van der Waals surface area contributed by atoms with Crippen molar-refractivity contribution in [2.24, 2.45) is 0 Å². The molecule has 1 aliphatic heterocycles. The zero-order valence-electron chi connectivity index (χ0n) is 14.2. The summed E-state index contributed by atoms with van der Waals surface area (Å²) in [4.78, 5) is 20.6. The molecular formula is C19H25N3OS. The molecule has 3 rings (SSSR count). The summed E-state index contributed by atoms with van der Waals surface area (Å²) in [6.07, 6.45) is 6.36. The minimum Gasteiger partial charge on any atom is -0.372 e. The molecule has 2 heterocycles. The van der Waals surface area contributed by atoms with E-state index in [1.807, 2.05) is 0 Å². The van der Waals surface area contributed by atoms with Crippen LogP contribution in [0.25, 0.3) is 0 Å². The zero-order valence-corrected chi connectivity index (χ0v) is 15.0. The summed E-state index contributed by atoms with van der Waals surface area (Å²) < 4.78 is 0.410. The molecule has 0 atom stereocenters. The quantitative estimate of drug-likeness (QED) is 0.808. The number of benzene rings is 1. The van der Waals surface area contributed by atoms with Crippen LogP contribution < -0.4 is 10.5 Å². The Bertz CT molecular complexity index is 785. The van der Waals surface area contributed by atoms with Crippen molar-refractivity contribution in [1.82, 2.24) is 9.97 Å². The number of aryl methyl sites for hydroxylation is 1. The van der Waals surface area contributed by atoms with E-state index in [2.05, 4.69) is 46.1 Å². The fourth-order valence-corrected chi connectivity index (χ4v) is 3.61. The fourth-order valence-electron chi connectivity index (χ4n) is 3.39. The topological polar surface area (TPSA) is 51.9 Å². The highest BCUT2D eigenvalue weighted by Crippen LogP contribution is 2.21. The number of anilines is 1. The molecule has 0 bridgehead atoms. The molecule has 2 aromatic rings. The third-order valence-corrected chi connectivity index (χ3v) is 4.87. The molecule has 1 aromatic heterocycles. The maximum absolute atomic E-state index is 12.3. The summed E-state index contributed by atoms with van der Waals surface area (Å²) in [7, 11) is 0. The van der Waals surface area contributed by atoms with E-state index in [1.54, 1.807) is 0 Å². The van der Waals surface area contributed by atoms with Gasteiger partial charge in [0.15, 0.2) is 4.77 Å². The molecule has 0 aliphatic carbocycles. The third kappa shape index (κ3) is 3.96. The lowest BCUT2D eigenvalue weighted by Crippen LogP contribution is -2.29. The molecule has 1 aliphatic rings. The first-order valence-electron chi connectivity index (χ1n) is 8.85. The Morgan fingerprint density at radius 3 is 2.46 bits per heavy atom. The van der Waals surface area contributed by atoms with Crippen LogP contribution in [0.1, 0.15) is 49.4 Å². The summed E-state index contributed by atoms with van der Waals surface area (Å²) in [5.41, 5.74) is 4.14. The molecule has 1 aromatic carbocycles. The Balaban J connectivity index is 1.81. The van der Waals surface area contributed by atoms with Crippen LogP contribution in [-0.2, 0) is 12.8 Å². The number of aromatic amines is 2. The van der Waals surface area contributed by atoms with Crippen molar-refractivity contribution in [3.05, 3.63) is 56.2 Å². The van der Waals surface area contributed by atoms with Gasteiger partial charge in [0, 0.05) is 36.5 Å². The van der Waals surface area contributed by atoms with Gasteiger partial charge in [0.25, 0.3) is 5.56 Å². The monoisotopic (exact) mass is 343 g/mol. The lowest BCUT2D eigenvalue weighted by molar-refractivity contribution is 0.578. The number of aromatic nitrogens is 2. The summed E-state index contributed by atoms with van der Waals surface area (Å²) in [5.74, 6) is 0. The van der Waals surface area contributed by atoms with Crippen molar-refractivity contribution < 1.29 is 0 Å². The smallest absolute Gasteiger partial charge is 0.255 e. The molecule has 5 heteroatoms. The van der Waals surface area contributed by atoms with E-state index < -0.39 is 0 Å². The summed E-state index contributed by atoms with van der Waals surface area (Å²) >= 11 is 5.10. The first-order valence-corrected chi connectivity index (χ1v) is 9.26. The average molecular weight is 343 g/mol. The zero-order chi connectivity index (χ0) is 16.9. The van der Waals surface area contributed by atoms with Gasteiger partial charge in [-0.1, -0.05) is 25.5 Å². The van der Waals surface area contributed by atoms with Crippen molar-refractivity contribution in [2.45, 2.75) is 45.4 Å². The van der Waals surface area contributed by atoms with E-state index in [9.17, 15) is 4.79 Å². The maximum Gasteiger partial charge on any atom is 0.255 e. The van der Waals surface area contributed by atoms with Gasteiger partial charge in [-0.2, -0.15) is 0 Å². The van der Waals surface area contributed by atoms with Gasteiger partial charge in [-0.25, -0.2) is 0 Å². The highest BCUT2D eigenvalue weighted by Gasteiger charge is 2.12. The Morgan fingerprint density at radius 1 is 1.08 bits per heavy atom. The summed E-state index contributed by atoms with van der Waals surface area (Å²) in [6.45, 7) is 4.40. The SMILES string of the molecule is CCCc1[nH]c(=S)[nH]c(=O)c1Cc1ccc(N2CCCCC2)cc1. The Kier molecular flexibility index (Phi) is 5.51. The third-order valence-electron chi connectivity index (χ3n) is 4.67. The molecule has 0 radical (unpaired) electrons. The van der Waals surface area contributed by atoms with Crippen LogP contribution in [0.4, 0.5) is 5.69 Å². The second-order valence-electron chi connectivity index (χ2n) is 6.51. The number of rotatable bonds is 5. The standard InChI is InChI=1S/C19H25N3OS/c1-2-6-17-16(18(23)21-19(24)20-17)13-14-7-9-15(10-8-14)22-11-4-3-5-12-22/h7-10H,2-6,11-13H2,1H3,(H2,20,21,23,24). The molecule has 4 nitrogen and oxygen atoms in total. The molecule has 24 heavy (non-hydrogen) atoms. The number of nitrogens with one attached hydrogen (secondary N) is 2. The number of H-pyrrole nitrogens is 2. The lowest BCUT2D eigenvalue weighted by Gasteiger charge is -2.28. The van der Waals surface area contributed by atoms with Crippen molar-refractivity contribution in [2.75, 3.05) is 18.0 Å². The van der Waals surface area contributed by atoms with E-state index in [0.717, 1.165) is 42.8 Å². The van der Waals surface area contributed by atoms with Gasteiger partial charge in [0.2, 0.25) is 0 Å². The van der Waals surface area contributed by atoms with Crippen LogP contribution >= 0.6 is 12.2 Å². The minimum atomic E-state index is -0.0673. The highest BCUT2D eigenvalue weighted by atomic mass is 32.1. The first kappa shape index (κ1) is 17.0. The van der Waals surface area contributed by atoms with Crippen molar-refractivity contribution in [3.63, 3.8) is 0 Å². The van der Waals surface area contributed by atoms with Crippen LogP contribution in [0, 0.1) is 4.77 Å². The number of nitrogens with zero attached hydrogens (tertiary/aromatic N) is 1. The van der Waals surface area contributed by atoms with Gasteiger partial charge >= 0.3 is 0 Å². The molecule has 128 valence electrons. The molecular weight excluding hydrogens is 318 g/mol. The van der Waals surface area contributed by atoms with Gasteiger partial charge in [-0.15, -0.1) is 0 Å². The van der Waals surface area contributed by atoms with Crippen LogP contribution in [0.3, 0.4) is 0 Å². The van der Waals surface area contributed by atoms with E-state index in [0.29, 0.717) is 11.2 Å². The van der Waals surface area contributed by atoms with E-state index in [1.165, 1.54) is 24.9 Å². The maximum atomic E-state index is 12.3. The lowest BCUT2D eigenvalue weighted by atomic mass is 10.0. The van der Waals surface area contributed by atoms with Crippen molar-refractivity contribution >= 4 is 17.9 Å². The molecule has 0 amide bonds. The average Bonchev–Trinajstić information content (AvgIpc) is 2.59. The Morgan fingerprint density at radius 2 is 1.79 bits per heavy atom. The van der Waals surface area contributed by atoms with Crippen LogP contribution in [0.2, 0.25) is 0 Å². The van der Waals surface area contributed by atoms with Gasteiger partial charge in [-0.3, -0.25) is 9.78 Å². The van der Waals surface area contributed by atoms with Gasteiger partial charge in [0.1, 0.15) is 0 Å². The largest absolute Gasteiger partial charge is 0.372 e. The van der Waals surface area contributed by atoms with Crippen molar-refractivity contribution in [3.8, 4) is 0 Å². The molecule has 0 saturated carbocycles. The molecule has 2 N–H and O–H groups in total. The van der Waals surface area contributed by atoms with Crippen molar-refractivity contribution in [1.29, 1.82) is 0 Å². The van der Waals surface area contributed by atoms with Crippen LogP contribution in [0.5, 0.6) is 0 Å². The second-order valence-corrected chi connectivity index (χ2v) is 6.91. The van der Waals surface area contributed by atoms with E-state index in [4.69, 9.17) is 12.2 Å². The normalized spacial score (nSPS) is 14.8. The van der Waals surface area contributed by atoms with Gasteiger partial charge in [-0.05, 0) is 55.6 Å². The number of hydrogen-bond donors (Lipinski definition) is 2. The minimum absolute atomic E-state index is 0.0673. The number of hydrogen-bond acceptors (Lipinski definition) is 3. The Hall–Kier alpha value is -1.88. The van der Waals surface area contributed by atoms with Crippen LogP contribution in [0.15, 0.2) is 29.1 Å². The van der Waals surface area contributed by atoms with Gasteiger partial charge in [0.05, 0.1) is 0 Å². The number of piperidine rings is 1. The molecule has 0 spiro atoms. The van der Waals surface area contributed by atoms with Crippen LogP contribution in [-0.4, -0.2) is 23.1 Å². The van der Waals surface area contributed by atoms with E-state index >= 15 is 0 Å². The molecule has 0 unspecified atom stereocenters.